The molecular formula is C16H26N4O. The predicted octanol–water partition coefficient (Wildman–Crippen LogP) is 2.86. The van der Waals surface area contributed by atoms with Crippen molar-refractivity contribution in [2.24, 2.45) is 7.05 Å². The Hall–Kier alpha value is -1.75. The van der Waals surface area contributed by atoms with Gasteiger partial charge >= 0.3 is 0 Å². The summed E-state index contributed by atoms with van der Waals surface area (Å²) in [6, 6.07) is 2.35. The standard InChI is InChI=1S/C16H26N4O/c1-10-8-14(13(4)21-10)11(2)17-9-15-12(3)18-20(7)16(15)19(5)6/h8,11,17H,9H2,1-7H3. The molecule has 0 radical (unpaired) electrons. The van der Waals surface area contributed by atoms with Crippen LogP contribution >= 0.6 is 0 Å². The highest BCUT2D eigenvalue weighted by atomic mass is 16.3. The highest BCUT2D eigenvalue weighted by Gasteiger charge is 2.17. The summed E-state index contributed by atoms with van der Waals surface area (Å²) in [6.07, 6.45) is 0. The zero-order chi connectivity index (χ0) is 15.7. The summed E-state index contributed by atoms with van der Waals surface area (Å²) in [4.78, 5) is 2.11. The summed E-state index contributed by atoms with van der Waals surface area (Å²) in [5.41, 5.74) is 3.54. The van der Waals surface area contributed by atoms with Gasteiger partial charge in [-0.25, -0.2) is 0 Å². The Morgan fingerprint density at radius 1 is 1.33 bits per heavy atom. The first-order valence-corrected chi connectivity index (χ1v) is 7.31. The van der Waals surface area contributed by atoms with Crippen molar-refractivity contribution in [2.75, 3.05) is 19.0 Å². The van der Waals surface area contributed by atoms with Gasteiger partial charge in [0, 0.05) is 44.9 Å². The molecule has 2 heterocycles. The summed E-state index contributed by atoms with van der Waals surface area (Å²) in [6.45, 7) is 9.01. The first-order chi connectivity index (χ1) is 9.81. The SMILES string of the molecule is Cc1cc(C(C)NCc2c(C)nn(C)c2N(C)C)c(C)o1. The number of anilines is 1. The number of hydrogen-bond donors (Lipinski definition) is 1. The van der Waals surface area contributed by atoms with Crippen LogP contribution in [0.25, 0.3) is 0 Å². The molecule has 0 amide bonds. The molecule has 0 saturated heterocycles. The second-order valence-corrected chi connectivity index (χ2v) is 5.88. The average molecular weight is 290 g/mol. The Bertz CT molecular complexity index is 625. The van der Waals surface area contributed by atoms with E-state index >= 15 is 0 Å². The largest absolute Gasteiger partial charge is 0.466 e. The van der Waals surface area contributed by atoms with E-state index < -0.39 is 0 Å². The smallest absolute Gasteiger partial charge is 0.130 e. The van der Waals surface area contributed by atoms with E-state index in [9.17, 15) is 0 Å². The van der Waals surface area contributed by atoms with Gasteiger partial charge in [0.1, 0.15) is 17.3 Å². The lowest BCUT2D eigenvalue weighted by Crippen LogP contribution is -2.21. The van der Waals surface area contributed by atoms with Crippen molar-refractivity contribution in [3.8, 4) is 0 Å². The van der Waals surface area contributed by atoms with Crippen LogP contribution in [-0.2, 0) is 13.6 Å². The third kappa shape index (κ3) is 3.13. The van der Waals surface area contributed by atoms with E-state index in [2.05, 4.69) is 35.2 Å². The molecule has 0 bridgehead atoms. The summed E-state index contributed by atoms with van der Waals surface area (Å²) >= 11 is 0. The maximum absolute atomic E-state index is 5.61. The first-order valence-electron chi connectivity index (χ1n) is 7.31. The molecular weight excluding hydrogens is 264 g/mol. The van der Waals surface area contributed by atoms with Crippen LogP contribution in [0.5, 0.6) is 0 Å². The van der Waals surface area contributed by atoms with E-state index in [1.54, 1.807) is 0 Å². The van der Waals surface area contributed by atoms with E-state index in [4.69, 9.17) is 4.42 Å². The molecule has 1 N–H and O–H groups in total. The molecule has 0 aliphatic rings. The Morgan fingerprint density at radius 3 is 2.52 bits per heavy atom. The monoisotopic (exact) mass is 290 g/mol. The molecule has 0 spiro atoms. The number of aryl methyl sites for hydroxylation is 4. The number of rotatable bonds is 5. The van der Waals surface area contributed by atoms with Crippen LogP contribution in [0.15, 0.2) is 10.5 Å². The number of nitrogens with zero attached hydrogens (tertiary/aromatic N) is 3. The van der Waals surface area contributed by atoms with Crippen LogP contribution in [0.3, 0.4) is 0 Å². The average Bonchev–Trinajstić information content (AvgIpc) is 2.85. The van der Waals surface area contributed by atoms with Gasteiger partial charge in [-0.2, -0.15) is 5.10 Å². The molecule has 0 aliphatic heterocycles. The number of nitrogens with one attached hydrogen (secondary N) is 1. The van der Waals surface area contributed by atoms with Crippen LogP contribution in [0, 0.1) is 20.8 Å². The van der Waals surface area contributed by atoms with Crippen molar-refractivity contribution in [3.05, 3.63) is 34.4 Å². The van der Waals surface area contributed by atoms with Gasteiger partial charge in [-0.1, -0.05) is 0 Å². The van der Waals surface area contributed by atoms with Crippen LogP contribution in [-0.4, -0.2) is 23.9 Å². The Balaban J connectivity index is 2.15. The van der Waals surface area contributed by atoms with Gasteiger partial charge < -0.3 is 14.6 Å². The summed E-state index contributed by atoms with van der Waals surface area (Å²) in [5.74, 6) is 3.10. The Kier molecular flexibility index (Phi) is 4.42. The molecule has 116 valence electrons. The molecule has 0 fully saturated rings. The fourth-order valence-electron chi connectivity index (χ4n) is 2.90. The van der Waals surface area contributed by atoms with Crippen molar-refractivity contribution >= 4 is 5.82 Å². The van der Waals surface area contributed by atoms with Gasteiger partial charge in [-0.15, -0.1) is 0 Å². The molecule has 21 heavy (non-hydrogen) atoms. The molecule has 2 rings (SSSR count). The number of aromatic nitrogens is 2. The molecule has 0 aliphatic carbocycles. The van der Waals surface area contributed by atoms with Crippen LogP contribution in [0.1, 0.15) is 41.3 Å². The lowest BCUT2D eigenvalue weighted by molar-refractivity contribution is 0.489. The zero-order valence-electron chi connectivity index (χ0n) is 14.1. The van der Waals surface area contributed by atoms with E-state index in [1.807, 2.05) is 39.7 Å². The van der Waals surface area contributed by atoms with E-state index in [1.165, 1.54) is 11.1 Å². The minimum absolute atomic E-state index is 0.247. The van der Waals surface area contributed by atoms with Gasteiger partial charge in [0.2, 0.25) is 0 Å². The summed E-state index contributed by atoms with van der Waals surface area (Å²) < 4.78 is 7.55. The quantitative estimate of drug-likeness (QED) is 0.920. The second kappa shape index (κ2) is 5.93. The van der Waals surface area contributed by atoms with Crippen molar-refractivity contribution < 1.29 is 4.42 Å². The fraction of sp³-hybridized carbons (Fsp3) is 0.562. The minimum atomic E-state index is 0.247. The first kappa shape index (κ1) is 15.6. The van der Waals surface area contributed by atoms with Crippen molar-refractivity contribution in [3.63, 3.8) is 0 Å². The molecule has 0 saturated carbocycles. The van der Waals surface area contributed by atoms with Gasteiger partial charge in [-0.05, 0) is 33.8 Å². The molecule has 1 atom stereocenters. The highest BCUT2D eigenvalue weighted by molar-refractivity contribution is 5.48. The van der Waals surface area contributed by atoms with Gasteiger partial charge in [0.25, 0.3) is 0 Å². The van der Waals surface area contributed by atoms with Gasteiger partial charge in [0.15, 0.2) is 0 Å². The van der Waals surface area contributed by atoms with E-state index in [0.717, 1.165) is 29.6 Å². The van der Waals surface area contributed by atoms with Crippen molar-refractivity contribution in [1.82, 2.24) is 15.1 Å². The molecule has 2 aromatic heterocycles. The van der Waals surface area contributed by atoms with Crippen LogP contribution in [0.2, 0.25) is 0 Å². The number of furan rings is 1. The van der Waals surface area contributed by atoms with Crippen LogP contribution in [0.4, 0.5) is 5.82 Å². The second-order valence-electron chi connectivity index (χ2n) is 5.88. The molecule has 2 aromatic rings. The third-order valence-corrected chi connectivity index (χ3v) is 3.87. The minimum Gasteiger partial charge on any atom is -0.466 e. The van der Waals surface area contributed by atoms with Gasteiger partial charge in [-0.3, -0.25) is 4.68 Å². The molecule has 5 nitrogen and oxygen atoms in total. The third-order valence-electron chi connectivity index (χ3n) is 3.87. The van der Waals surface area contributed by atoms with E-state index in [0.29, 0.717) is 0 Å². The summed E-state index contributed by atoms with van der Waals surface area (Å²) in [5, 5.41) is 8.10. The molecule has 0 aromatic carbocycles. The normalized spacial score (nSPS) is 12.7. The fourth-order valence-corrected chi connectivity index (χ4v) is 2.90. The lowest BCUT2D eigenvalue weighted by Gasteiger charge is -2.18. The highest BCUT2D eigenvalue weighted by Crippen LogP contribution is 2.24. The predicted molar refractivity (Wildman–Crippen MR) is 85.7 cm³/mol. The topological polar surface area (TPSA) is 46.2 Å². The molecule has 1 unspecified atom stereocenters. The molecule has 5 heteroatoms. The van der Waals surface area contributed by atoms with Crippen molar-refractivity contribution in [2.45, 2.75) is 40.3 Å². The van der Waals surface area contributed by atoms with Crippen molar-refractivity contribution in [1.29, 1.82) is 0 Å². The maximum atomic E-state index is 5.61. The van der Waals surface area contributed by atoms with Crippen LogP contribution < -0.4 is 10.2 Å². The Morgan fingerprint density at radius 2 is 2.00 bits per heavy atom. The summed E-state index contributed by atoms with van der Waals surface area (Å²) in [7, 11) is 6.08. The zero-order valence-corrected chi connectivity index (χ0v) is 14.1. The van der Waals surface area contributed by atoms with E-state index in [-0.39, 0.29) is 6.04 Å². The maximum Gasteiger partial charge on any atom is 0.130 e. The Labute approximate surface area is 126 Å². The lowest BCUT2D eigenvalue weighted by atomic mass is 10.1. The number of hydrogen-bond acceptors (Lipinski definition) is 4. The van der Waals surface area contributed by atoms with Gasteiger partial charge in [0.05, 0.1) is 5.69 Å².